The van der Waals surface area contributed by atoms with Crippen molar-refractivity contribution in [2.75, 3.05) is 14.2 Å². The molecule has 0 aliphatic carbocycles. The Kier molecular flexibility index (Phi) is 5.59. The zero-order valence-corrected chi connectivity index (χ0v) is 13.8. The number of hydrogen-bond donors (Lipinski definition) is 1. The van der Waals surface area contributed by atoms with Gasteiger partial charge in [0.2, 0.25) is 5.43 Å². The van der Waals surface area contributed by atoms with Crippen LogP contribution in [0.5, 0.6) is 0 Å². The number of carbonyl (C=O) groups excluding carboxylic acids is 2. The van der Waals surface area contributed by atoms with E-state index in [9.17, 15) is 18.8 Å². The summed E-state index contributed by atoms with van der Waals surface area (Å²) in [6.45, 7) is 3.28. The molecule has 1 heterocycles. The fourth-order valence-electron chi connectivity index (χ4n) is 1.87. The predicted molar refractivity (Wildman–Crippen MR) is 78.3 cm³/mol. The number of hydrogen-bond acceptors (Lipinski definition) is 5. The summed E-state index contributed by atoms with van der Waals surface area (Å²) in [6.07, 6.45) is 0. The zero-order chi connectivity index (χ0) is 17.2. The maximum Gasteiger partial charge on any atom is 0.343 e. The van der Waals surface area contributed by atoms with Gasteiger partial charge in [-0.2, -0.15) is 0 Å². The lowest BCUT2D eigenvalue weighted by molar-refractivity contribution is 0.0591. The third-order valence-corrected chi connectivity index (χ3v) is 3.25. The third-order valence-electron chi connectivity index (χ3n) is 2.87. The van der Waals surface area contributed by atoms with Gasteiger partial charge in [0.1, 0.15) is 16.8 Å². The van der Waals surface area contributed by atoms with E-state index in [1.54, 1.807) is 13.8 Å². The summed E-state index contributed by atoms with van der Waals surface area (Å²) in [7, 11) is 2.06. The number of aromatic nitrogens is 1. The molecule has 122 valence electrons. The molecule has 6 nitrogen and oxygen atoms in total. The van der Waals surface area contributed by atoms with Gasteiger partial charge < -0.3 is 14.5 Å². The lowest BCUT2D eigenvalue weighted by Crippen LogP contribution is -2.32. The minimum atomic E-state index is -3.05. The Morgan fingerprint density at radius 2 is 1.59 bits per heavy atom. The maximum absolute atomic E-state index is 14.0. The Labute approximate surface area is 135 Å². The highest BCUT2D eigenvalue weighted by molar-refractivity contribution is 6.46. The summed E-state index contributed by atoms with van der Waals surface area (Å²) in [6, 6.07) is 0. The third kappa shape index (κ3) is 3.41. The van der Waals surface area contributed by atoms with Crippen LogP contribution in [0.1, 0.15) is 51.9 Å². The van der Waals surface area contributed by atoms with E-state index in [2.05, 4.69) is 14.5 Å². The molecule has 0 aliphatic rings. The lowest BCUT2D eigenvalue weighted by atomic mass is 9.99. The van der Waals surface area contributed by atoms with Crippen LogP contribution in [0.25, 0.3) is 0 Å². The lowest BCUT2D eigenvalue weighted by Gasteiger charge is -2.19. The predicted octanol–water partition coefficient (Wildman–Crippen LogP) is 2.63. The Balaban J connectivity index is 3.94. The van der Waals surface area contributed by atoms with Gasteiger partial charge in [0.25, 0.3) is 4.59 Å². The summed E-state index contributed by atoms with van der Waals surface area (Å²) >= 11 is 10.8. The van der Waals surface area contributed by atoms with Crippen molar-refractivity contribution in [3.05, 3.63) is 32.7 Å². The smallest absolute Gasteiger partial charge is 0.343 e. The maximum atomic E-state index is 14.0. The second kappa shape index (κ2) is 6.66. The first kappa shape index (κ1) is 18.4. The van der Waals surface area contributed by atoms with Gasteiger partial charge in [-0.25, -0.2) is 14.0 Å². The molecule has 1 N–H and O–H groups in total. The molecule has 0 spiro atoms. The normalized spacial score (nSPS) is 11.5. The summed E-state index contributed by atoms with van der Waals surface area (Å²) in [4.78, 5) is 38.5. The Hall–Kier alpha value is -1.60. The highest BCUT2D eigenvalue weighted by atomic mass is 35.5. The quantitative estimate of drug-likeness (QED) is 0.664. The van der Waals surface area contributed by atoms with Crippen LogP contribution in [-0.4, -0.2) is 31.1 Å². The standard InChI is InChI=1S/C13H14Cl2FNO5/c1-5(2)8-6(11(19)21-3)9(18)7(12(20)22-4)10(17-8)13(14,15)16/h5H,1-4H3,(H,17,18). The van der Waals surface area contributed by atoms with E-state index >= 15 is 0 Å². The SMILES string of the molecule is COC(=O)c1c(C(C)C)[nH]c(C(F)(Cl)Cl)c(C(=O)OC)c1=O. The molecule has 0 unspecified atom stereocenters. The van der Waals surface area contributed by atoms with E-state index in [4.69, 9.17) is 23.2 Å². The monoisotopic (exact) mass is 353 g/mol. The van der Waals surface area contributed by atoms with E-state index in [0.29, 0.717) is 0 Å². The van der Waals surface area contributed by atoms with Crippen LogP contribution in [-0.2, 0) is 14.1 Å². The summed E-state index contributed by atoms with van der Waals surface area (Å²) in [5.41, 5.74) is -2.94. The highest BCUT2D eigenvalue weighted by Crippen LogP contribution is 2.36. The average Bonchev–Trinajstić information content (AvgIpc) is 2.43. The minimum Gasteiger partial charge on any atom is -0.465 e. The van der Waals surface area contributed by atoms with Crippen molar-refractivity contribution in [1.29, 1.82) is 0 Å². The summed E-state index contributed by atoms with van der Waals surface area (Å²) in [5, 5.41) is 0. The summed E-state index contributed by atoms with van der Waals surface area (Å²) in [5.74, 6) is -2.56. The van der Waals surface area contributed by atoms with Gasteiger partial charge >= 0.3 is 11.9 Å². The van der Waals surface area contributed by atoms with Crippen molar-refractivity contribution < 1.29 is 23.5 Å². The number of pyridine rings is 1. The number of halogens is 3. The second-order valence-electron chi connectivity index (χ2n) is 4.63. The molecule has 22 heavy (non-hydrogen) atoms. The number of alkyl halides is 3. The molecule has 1 aromatic rings. The topological polar surface area (TPSA) is 85.5 Å². The van der Waals surface area contributed by atoms with Crippen molar-refractivity contribution in [3.63, 3.8) is 0 Å². The molecule has 0 fully saturated rings. The molecule has 1 rings (SSSR count). The van der Waals surface area contributed by atoms with Crippen LogP contribution >= 0.6 is 23.2 Å². The van der Waals surface area contributed by atoms with Crippen molar-refractivity contribution >= 4 is 35.1 Å². The average molecular weight is 354 g/mol. The molecule has 0 saturated heterocycles. The first-order chi connectivity index (χ1) is 10.1. The van der Waals surface area contributed by atoms with Gasteiger partial charge in [0.05, 0.1) is 14.2 Å². The zero-order valence-electron chi connectivity index (χ0n) is 12.3. The van der Waals surface area contributed by atoms with Crippen molar-refractivity contribution in [2.45, 2.75) is 24.4 Å². The van der Waals surface area contributed by atoms with Gasteiger partial charge in [-0.1, -0.05) is 37.0 Å². The number of esters is 2. The molecular weight excluding hydrogens is 340 g/mol. The van der Waals surface area contributed by atoms with Crippen LogP contribution in [0.2, 0.25) is 0 Å². The molecule has 0 aromatic carbocycles. The van der Waals surface area contributed by atoms with Crippen LogP contribution < -0.4 is 5.43 Å². The number of carbonyl (C=O) groups is 2. The molecule has 0 radical (unpaired) electrons. The first-order valence-corrected chi connectivity index (χ1v) is 6.85. The molecule has 0 aliphatic heterocycles. The number of ether oxygens (including phenoxy) is 2. The van der Waals surface area contributed by atoms with E-state index < -0.39 is 44.7 Å². The van der Waals surface area contributed by atoms with Gasteiger partial charge in [-0.15, -0.1) is 0 Å². The van der Waals surface area contributed by atoms with Gasteiger partial charge in [-0.05, 0) is 5.92 Å². The molecule has 0 saturated carbocycles. The van der Waals surface area contributed by atoms with Crippen LogP contribution in [0.15, 0.2) is 4.79 Å². The van der Waals surface area contributed by atoms with Gasteiger partial charge in [0, 0.05) is 5.69 Å². The summed E-state index contributed by atoms with van der Waals surface area (Å²) < 4.78 is 19.9. The number of rotatable bonds is 4. The number of H-pyrrole nitrogens is 1. The second-order valence-corrected chi connectivity index (χ2v) is 5.86. The van der Waals surface area contributed by atoms with Crippen LogP contribution in [0, 0.1) is 0 Å². The Morgan fingerprint density at radius 3 is 1.95 bits per heavy atom. The first-order valence-electron chi connectivity index (χ1n) is 6.10. The van der Waals surface area contributed by atoms with Crippen molar-refractivity contribution in [2.24, 2.45) is 0 Å². The van der Waals surface area contributed by atoms with Gasteiger partial charge in [0.15, 0.2) is 0 Å². The van der Waals surface area contributed by atoms with Crippen molar-refractivity contribution in [3.8, 4) is 0 Å². The number of methoxy groups -OCH3 is 2. The molecule has 0 bridgehead atoms. The van der Waals surface area contributed by atoms with E-state index in [-0.39, 0.29) is 5.69 Å². The number of nitrogens with one attached hydrogen (secondary N) is 1. The van der Waals surface area contributed by atoms with Crippen LogP contribution in [0.3, 0.4) is 0 Å². The fourth-order valence-corrected chi connectivity index (χ4v) is 2.15. The van der Waals surface area contributed by atoms with Gasteiger partial charge in [-0.3, -0.25) is 4.79 Å². The molecular formula is C13H14Cl2FNO5. The highest BCUT2D eigenvalue weighted by Gasteiger charge is 2.37. The van der Waals surface area contributed by atoms with Crippen LogP contribution in [0.4, 0.5) is 4.39 Å². The largest absolute Gasteiger partial charge is 0.465 e. The Bertz CT molecular complexity index is 664. The van der Waals surface area contributed by atoms with Crippen molar-refractivity contribution in [1.82, 2.24) is 4.98 Å². The van der Waals surface area contributed by atoms with E-state index in [0.717, 1.165) is 14.2 Å². The fraction of sp³-hybridized carbons (Fsp3) is 0.462. The molecule has 1 aromatic heterocycles. The van der Waals surface area contributed by atoms with E-state index in [1.807, 2.05) is 0 Å². The molecule has 9 heteroatoms. The Morgan fingerprint density at radius 1 is 1.14 bits per heavy atom. The van der Waals surface area contributed by atoms with E-state index in [1.165, 1.54) is 0 Å². The minimum absolute atomic E-state index is 0.0443. The molecule has 0 atom stereocenters. The molecule has 0 amide bonds. The number of aromatic amines is 1.